The molecule has 1 amide bonds. The molecule has 4 heteroatoms. The van der Waals surface area contributed by atoms with E-state index in [1.54, 1.807) is 41.3 Å². The van der Waals surface area contributed by atoms with Gasteiger partial charge in [-0.25, -0.2) is 4.79 Å². The van der Waals surface area contributed by atoms with Gasteiger partial charge in [0.25, 0.3) is 5.91 Å². The molecule has 22 heavy (non-hydrogen) atoms. The number of rotatable bonds is 5. The molecule has 0 atom stereocenters. The molecule has 0 fully saturated rings. The summed E-state index contributed by atoms with van der Waals surface area (Å²) in [6, 6.07) is 14.1. The highest BCUT2D eigenvalue weighted by Crippen LogP contribution is 2.21. The Balaban J connectivity index is 2.21. The van der Waals surface area contributed by atoms with Crippen LogP contribution in [0.1, 0.15) is 34.6 Å². The normalized spacial score (nSPS) is 10.3. The maximum absolute atomic E-state index is 12.2. The summed E-state index contributed by atoms with van der Waals surface area (Å²) < 4.78 is 0. The summed E-state index contributed by atoms with van der Waals surface area (Å²) in [6.07, 6.45) is 0. The van der Waals surface area contributed by atoms with E-state index in [1.165, 1.54) is 0 Å². The van der Waals surface area contributed by atoms with Gasteiger partial charge < -0.3 is 10.0 Å². The van der Waals surface area contributed by atoms with Crippen molar-refractivity contribution in [3.8, 4) is 11.1 Å². The van der Waals surface area contributed by atoms with Gasteiger partial charge in [-0.1, -0.05) is 24.3 Å². The highest BCUT2D eigenvalue weighted by molar-refractivity contribution is 5.94. The van der Waals surface area contributed by atoms with Crippen molar-refractivity contribution in [2.75, 3.05) is 13.1 Å². The molecule has 0 aliphatic heterocycles. The lowest BCUT2D eigenvalue weighted by atomic mass is 10.0. The zero-order valence-corrected chi connectivity index (χ0v) is 12.7. The van der Waals surface area contributed by atoms with Crippen LogP contribution in [0, 0.1) is 0 Å². The fourth-order valence-electron chi connectivity index (χ4n) is 2.30. The van der Waals surface area contributed by atoms with E-state index in [0.717, 1.165) is 11.1 Å². The Labute approximate surface area is 130 Å². The van der Waals surface area contributed by atoms with Crippen LogP contribution in [0.25, 0.3) is 11.1 Å². The van der Waals surface area contributed by atoms with Gasteiger partial charge in [-0.15, -0.1) is 0 Å². The minimum absolute atomic E-state index is 0.0257. The van der Waals surface area contributed by atoms with Crippen molar-refractivity contribution in [2.45, 2.75) is 13.8 Å². The van der Waals surface area contributed by atoms with Gasteiger partial charge in [0.15, 0.2) is 0 Å². The first-order valence-corrected chi connectivity index (χ1v) is 7.29. The van der Waals surface area contributed by atoms with Crippen LogP contribution in [0.4, 0.5) is 0 Å². The van der Waals surface area contributed by atoms with Gasteiger partial charge >= 0.3 is 5.97 Å². The Hall–Kier alpha value is -2.62. The van der Waals surface area contributed by atoms with E-state index in [1.807, 2.05) is 26.0 Å². The maximum atomic E-state index is 12.2. The molecule has 4 nitrogen and oxygen atoms in total. The lowest BCUT2D eigenvalue weighted by molar-refractivity contribution is 0.0696. The zero-order chi connectivity index (χ0) is 16.1. The van der Waals surface area contributed by atoms with Crippen molar-refractivity contribution in [1.82, 2.24) is 4.90 Å². The number of amides is 1. The number of nitrogens with zero attached hydrogens (tertiary/aromatic N) is 1. The number of benzene rings is 2. The number of carbonyl (C=O) groups excluding carboxylic acids is 1. The molecule has 0 unspecified atom stereocenters. The highest BCUT2D eigenvalue weighted by Gasteiger charge is 2.12. The SMILES string of the molecule is CCN(CC)C(=O)c1ccc(-c2ccc(C(=O)O)cc2)cc1. The van der Waals surface area contributed by atoms with Crippen molar-refractivity contribution in [1.29, 1.82) is 0 Å². The molecule has 0 spiro atoms. The molecular weight excluding hydrogens is 278 g/mol. The first kappa shape index (κ1) is 15.8. The van der Waals surface area contributed by atoms with Gasteiger partial charge in [-0.2, -0.15) is 0 Å². The molecule has 0 aliphatic carbocycles. The summed E-state index contributed by atoms with van der Waals surface area (Å²) in [5.41, 5.74) is 2.80. The van der Waals surface area contributed by atoms with Crippen LogP contribution >= 0.6 is 0 Å². The lowest BCUT2D eigenvalue weighted by Gasteiger charge is -2.18. The van der Waals surface area contributed by atoms with E-state index in [4.69, 9.17) is 5.11 Å². The predicted molar refractivity (Wildman–Crippen MR) is 86.1 cm³/mol. The number of carboxylic acids is 1. The summed E-state index contributed by atoms with van der Waals surface area (Å²) in [6.45, 7) is 5.29. The van der Waals surface area contributed by atoms with E-state index < -0.39 is 5.97 Å². The topological polar surface area (TPSA) is 57.6 Å². The quantitative estimate of drug-likeness (QED) is 0.918. The lowest BCUT2D eigenvalue weighted by Crippen LogP contribution is -2.30. The number of hydrogen-bond donors (Lipinski definition) is 1. The third kappa shape index (κ3) is 3.34. The van der Waals surface area contributed by atoms with Crippen LogP contribution in [0.3, 0.4) is 0 Å². The average Bonchev–Trinajstić information content (AvgIpc) is 2.56. The van der Waals surface area contributed by atoms with Gasteiger partial charge in [0.2, 0.25) is 0 Å². The Kier molecular flexibility index (Phi) is 4.94. The second-order valence-electron chi connectivity index (χ2n) is 4.94. The van der Waals surface area contributed by atoms with Crippen LogP contribution in [0.15, 0.2) is 48.5 Å². The van der Waals surface area contributed by atoms with Gasteiger partial charge in [0, 0.05) is 18.7 Å². The highest BCUT2D eigenvalue weighted by atomic mass is 16.4. The first-order valence-electron chi connectivity index (χ1n) is 7.29. The van der Waals surface area contributed by atoms with Crippen LogP contribution in [-0.4, -0.2) is 35.0 Å². The van der Waals surface area contributed by atoms with Crippen molar-refractivity contribution in [3.05, 3.63) is 59.7 Å². The minimum atomic E-state index is -0.938. The van der Waals surface area contributed by atoms with E-state index in [9.17, 15) is 9.59 Å². The molecule has 2 rings (SSSR count). The summed E-state index contributed by atoms with van der Waals surface area (Å²) in [7, 11) is 0. The Morgan fingerprint density at radius 3 is 1.59 bits per heavy atom. The fourth-order valence-corrected chi connectivity index (χ4v) is 2.30. The van der Waals surface area contributed by atoms with Crippen molar-refractivity contribution in [2.24, 2.45) is 0 Å². The smallest absolute Gasteiger partial charge is 0.335 e. The molecule has 0 saturated heterocycles. The molecule has 0 aromatic heterocycles. The molecule has 0 aliphatic rings. The molecule has 0 heterocycles. The Morgan fingerprint density at radius 2 is 1.23 bits per heavy atom. The molecule has 2 aromatic rings. The largest absolute Gasteiger partial charge is 0.478 e. The van der Waals surface area contributed by atoms with Crippen LogP contribution in [-0.2, 0) is 0 Å². The van der Waals surface area contributed by atoms with E-state index in [-0.39, 0.29) is 11.5 Å². The Bertz CT molecular complexity index is 656. The number of carbonyl (C=O) groups is 2. The van der Waals surface area contributed by atoms with Gasteiger partial charge in [-0.05, 0) is 49.2 Å². The third-order valence-electron chi connectivity index (χ3n) is 3.65. The van der Waals surface area contributed by atoms with Crippen LogP contribution in [0.2, 0.25) is 0 Å². The first-order chi connectivity index (χ1) is 10.6. The molecule has 2 aromatic carbocycles. The minimum Gasteiger partial charge on any atom is -0.478 e. The molecule has 1 N–H and O–H groups in total. The Morgan fingerprint density at radius 1 is 0.818 bits per heavy atom. The van der Waals surface area contributed by atoms with E-state index in [2.05, 4.69) is 0 Å². The molecular formula is C18H19NO3. The summed E-state index contributed by atoms with van der Waals surface area (Å²) in [5, 5.41) is 8.90. The van der Waals surface area contributed by atoms with Crippen LogP contribution < -0.4 is 0 Å². The molecule has 0 radical (unpaired) electrons. The summed E-state index contributed by atoms with van der Waals surface area (Å²) >= 11 is 0. The number of hydrogen-bond acceptors (Lipinski definition) is 2. The van der Waals surface area contributed by atoms with Gasteiger partial charge in [-0.3, -0.25) is 4.79 Å². The molecule has 114 valence electrons. The second kappa shape index (κ2) is 6.89. The molecule has 0 bridgehead atoms. The summed E-state index contributed by atoms with van der Waals surface area (Å²) in [5.74, 6) is -0.913. The fraction of sp³-hybridized carbons (Fsp3) is 0.222. The van der Waals surface area contributed by atoms with Gasteiger partial charge in [0.1, 0.15) is 0 Å². The molecule has 0 saturated carbocycles. The third-order valence-corrected chi connectivity index (χ3v) is 3.65. The zero-order valence-electron chi connectivity index (χ0n) is 12.7. The van der Waals surface area contributed by atoms with E-state index >= 15 is 0 Å². The van der Waals surface area contributed by atoms with Crippen LogP contribution in [0.5, 0.6) is 0 Å². The standard InChI is InChI=1S/C18H19NO3/c1-3-19(4-2)17(20)15-9-5-13(6-10-15)14-7-11-16(12-8-14)18(21)22/h5-12H,3-4H2,1-2H3,(H,21,22). The maximum Gasteiger partial charge on any atom is 0.335 e. The second-order valence-corrected chi connectivity index (χ2v) is 4.94. The van der Waals surface area contributed by atoms with Crippen molar-refractivity contribution >= 4 is 11.9 Å². The van der Waals surface area contributed by atoms with Gasteiger partial charge in [0.05, 0.1) is 5.56 Å². The number of carboxylic acid groups (broad SMARTS) is 1. The monoisotopic (exact) mass is 297 g/mol. The summed E-state index contributed by atoms with van der Waals surface area (Å²) in [4.78, 5) is 24.9. The van der Waals surface area contributed by atoms with E-state index in [0.29, 0.717) is 18.7 Å². The van der Waals surface area contributed by atoms with Crippen molar-refractivity contribution < 1.29 is 14.7 Å². The van der Waals surface area contributed by atoms with Crippen molar-refractivity contribution in [3.63, 3.8) is 0 Å². The average molecular weight is 297 g/mol. The number of aromatic carboxylic acids is 1. The predicted octanol–water partition coefficient (Wildman–Crippen LogP) is 3.53.